The van der Waals surface area contributed by atoms with Crippen LogP contribution in [0.2, 0.25) is 0 Å². The van der Waals surface area contributed by atoms with E-state index < -0.39 is 0 Å². The molecule has 0 bridgehead atoms. The number of hydrogen-bond donors (Lipinski definition) is 2. The van der Waals surface area contributed by atoms with Gasteiger partial charge in [0.15, 0.2) is 11.7 Å². The van der Waals surface area contributed by atoms with Crippen LogP contribution in [0.15, 0.2) is 152 Å². The number of unbranched alkanes of at least 4 members (excludes halogenated alkanes) is 10. The van der Waals surface area contributed by atoms with E-state index in [2.05, 4.69) is 146 Å². The smallest absolute Gasteiger partial charge is 0.162 e. The predicted octanol–water partition coefficient (Wildman–Crippen LogP) is 13.8. The summed E-state index contributed by atoms with van der Waals surface area (Å²) >= 11 is 0. The summed E-state index contributed by atoms with van der Waals surface area (Å²) < 4.78 is 12.5. The Morgan fingerprint density at radius 3 is 1.25 bits per heavy atom. The van der Waals surface area contributed by atoms with Gasteiger partial charge < -0.3 is 20.1 Å². The van der Waals surface area contributed by atoms with Crippen LogP contribution in [0, 0.1) is 0 Å². The minimum absolute atomic E-state index is 0.673. The molecule has 4 aliphatic heterocycles. The summed E-state index contributed by atoms with van der Waals surface area (Å²) in [5, 5.41) is 12.2. The maximum absolute atomic E-state index is 6.24. The second kappa shape index (κ2) is 18.9. The summed E-state index contributed by atoms with van der Waals surface area (Å²) in [5.74, 6) is 4.47. The number of fused-ring (bicyclic) bond motifs is 1. The summed E-state index contributed by atoms with van der Waals surface area (Å²) in [5.41, 5.74) is 9.55. The topological polar surface area (TPSA) is 92.0 Å². The Hall–Kier alpha value is -6.80. The van der Waals surface area contributed by atoms with Crippen LogP contribution >= 0.6 is 0 Å². The molecule has 0 unspecified atom stereocenters. The third-order valence-corrected chi connectivity index (χ3v) is 12.7. The molecule has 8 nitrogen and oxygen atoms in total. The normalized spacial score (nSPS) is 16.0. The zero-order chi connectivity index (χ0) is 43.2. The van der Waals surface area contributed by atoms with Gasteiger partial charge in [-0.1, -0.05) is 139 Å². The molecule has 8 heteroatoms. The van der Waals surface area contributed by atoms with Gasteiger partial charge in [-0.2, -0.15) is 0 Å². The highest BCUT2D eigenvalue weighted by Gasteiger charge is 2.40. The number of ether oxygens (including phenoxy) is 2. The van der Waals surface area contributed by atoms with Crippen molar-refractivity contribution in [3.8, 4) is 11.5 Å². The molecule has 64 heavy (non-hydrogen) atoms. The maximum Gasteiger partial charge on any atom is 0.162 e. The van der Waals surface area contributed by atoms with Crippen molar-refractivity contribution < 1.29 is 9.47 Å². The Kier molecular flexibility index (Phi) is 12.2. The Labute approximate surface area is 376 Å². The number of aliphatic imine (C=N–C) groups is 4. The van der Waals surface area contributed by atoms with Crippen molar-refractivity contribution in [3.63, 3.8) is 0 Å². The second-order valence-corrected chi connectivity index (χ2v) is 17.2. The highest BCUT2D eigenvalue weighted by molar-refractivity contribution is 6.37. The molecule has 0 amide bonds. The molecule has 10 rings (SSSR count). The highest BCUT2D eigenvalue weighted by Crippen LogP contribution is 2.42. The van der Waals surface area contributed by atoms with E-state index in [1.54, 1.807) is 0 Å². The summed E-state index contributed by atoms with van der Waals surface area (Å²) in [6.07, 6.45) is 14.7. The monoisotopic (exact) mass is 844 g/mol. The summed E-state index contributed by atoms with van der Waals surface area (Å²) in [6, 6.07) is 42.0. The Morgan fingerprint density at radius 2 is 0.828 bits per heavy atom. The molecule has 6 aromatic carbocycles. The van der Waals surface area contributed by atoms with Crippen molar-refractivity contribution >= 4 is 67.7 Å². The molecule has 0 aliphatic carbocycles. The van der Waals surface area contributed by atoms with Gasteiger partial charge in [-0.05, 0) is 95.4 Å². The van der Waals surface area contributed by atoms with Gasteiger partial charge in [-0.25, -0.2) is 20.0 Å². The molecule has 6 aromatic rings. The van der Waals surface area contributed by atoms with Gasteiger partial charge in [0.1, 0.15) is 23.2 Å². The van der Waals surface area contributed by atoms with Gasteiger partial charge in [0.25, 0.3) is 0 Å². The van der Waals surface area contributed by atoms with E-state index in [-0.39, 0.29) is 0 Å². The molecule has 0 atom stereocenters. The zero-order valence-electron chi connectivity index (χ0n) is 37.1. The van der Waals surface area contributed by atoms with Crippen molar-refractivity contribution in [1.82, 2.24) is 10.6 Å². The van der Waals surface area contributed by atoms with Crippen molar-refractivity contribution in [2.24, 2.45) is 20.0 Å². The average molecular weight is 845 g/mol. The van der Waals surface area contributed by atoms with Crippen LogP contribution in [0.1, 0.15) is 113 Å². The van der Waals surface area contributed by atoms with E-state index in [1.807, 2.05) is 0 Å². The molecular weight excluding hydrogens is 789 g/mol. The molecule has 0 radical (unpaired) electrons. The molecule has 0 saturated carbocycles. The number of rotatable bonds is 18. The average Bonchev–Trinajstić information content (AvgIpc) is 4.09. The predicted molar refractivity (Wildman–Crippen MR) is 266 cm³/mol. The van der Waals surface area contributed by atoms with Crippen molar-refractivity contribution in [3.05, 3.63) is 155 Å². The van der Waals surface area contributed by atoms with E-state index in [1.165, 1.54) is 64.2 Å². The Morgan fingerprint density at radius 1 is 0.438 bits per heavy atom. The van der Waals surface area contributed by atoms with Crippen LogP contribution < -0.4 is 20.1 Å². The van der Waals surface area contributed by atoms with E-state index in [0.717, 1.165) is 102 Å². The molecule has 2 N–H and O–H groups in total. The largest absolute Gasteiger partial charge is 0.494 e. The van der Waals surface area contributed by atoms with Gasteiger partial charge in [-0.3, -0.25) is 0 Å². The van der Waals surface area contributed by atoms with Gasteiger partial charge in [0, 0.05) is 21.9 Å². The van der Waals surface area contributed by atoms with Crippen LogP contribution in [0.4, 0.5) is 11.4 Å². The summed E-state index contributed by atoms with van der Waals surface area (Å²) in [7, 11) is 0. The van der Waals surface area contributed by atoms with Crippen molar-refractivity contribution in [1.29, 1.82) is 0 Å². The van der Waals surface area contributed by atoms with Crippen LogP contribution in [-0.2, 0) is 0 Å². The van der Waals surface area contributed by atoms with Crippen molar-refractivity contribution in [2.45, 2.75) is 90.9 Å². The van der Waals surface area contributed by atoms with Crippen LogP contribution in [0.5, 0.6) is 11.5 Å². The molecule has 4 aliphatic rings. The third-order valence-electron chi connectivity index (χ3n) is 12.7. The number of hydrogen-bond acceptors (Lipinski definition) is 6. The zero-order valence-corrected chi connectivity index (χ0v) is 37.1. The summed E-state index contributed by atoms with van der Waals surface area (Å²) in [4.78, 5) is 21.0. The Bertz CT molecular complexity index is 2690. The van der Waals surface area contributed by atoms with E-state index in [9.17, 15) is 0 Å². The lowest BCUT2D eigenvalue weighted by molar-refractivity contribution is 0.304. The lowest BCUT2D eigenvalue weighted by Gasteiger charge is -2.13. The first-order chi connectivity index (χ1) is 31.7. The molecule has 322 valence electrons. The number of benzene rings is 6. The highest BCUT2D eigenvalue weighted by atomic mass is 16.5. The molecule has 0 saturated heterocycles. The molecule has 0 spiro atoms. The summed E-state index contributed by atoms with van der Waals surface area (Å²) in [6.45, 7) is 5.93. The standard InChI is InChI=1S/C56H56N6O2/c1-3-5-7-9-11-13-35-63-41-31-27-39(28-32-41)51-49-50(56(59-51)62-54-44-24-16-20-38-22-18-26-46(58-54)48(38)44)52(40-29-33-42(34-30-40)64-36-14-12-10-8-6-4-2)60-55(49)61-53-43-23-15-19-37-21-17-25-45(57-53)47(37)43/h15-34H,3-14,35-36H2,1-2H3,(H,58,59,62)(H,57,60,61). The second-order valence-electron chi connectivity index (χ2n) is 17.2. The fraction of sp³-hybridized carbons (Fsp3) is 0.286. The number of amidine groups is 4. The lowest BCUT2D eigenvalue weighted by Crippen LogP contribution is -2.23. The number of nitrogens with one attached hydrogen (secondary N) is 2. The SMILES string of the molecule is CCCCCCCCOc1ccc(C2=C3C(=NC4=Nc5cccc6cccc4c56)NC(c4ccc(OCCCCCCCC)cc4)=C3C(=NC3=Nc4cccc5cccc3c45)N2)cc1. The molecular formula is C56H56N6O2. The Balaban J connectivity index is 1.03. The maximum atomic E-state index is 6.24. The van der Waals surface area contributed by atoms with Gasteiger partial charge in [-0.15, -0.1) is 0 Å². The van der Waals surface area contributed by atoms with Crippen LogP contribution in [-0.4, -0.2) is 36.6 Å². The first-order valence-electron chi connectivity index (χ1n) is 23.6. The molecule has 0 aromatic heterocycles. The fourth-order valence-electron chi connectivity index (χ4n) is 9.32. The minimum Gasteiger partial charge on any atom is -0.494 e. The van der Waals surface area contributed by atoms with Gasteiger partial charge in [0.05, 0.1) is 47.1 Å². The quantitative estimate of drug-likeness (QED) is 0.0843. The number of nitrogens with zero attached hydrogens (tertiary/aromatic N) is 4. The molecule has 0 fully saturated rings. The lowest BCUT2D eigenvalue weighted by atomic mass is 10.0. The van der Waals surface area contributed by atoms with E-state index in [0.29, 0.717) is 36.6 Å². The molecule has 4 heterocycles. The first kappa shape index (κ1) is 41.2. The van der Waals surface area contributed by atoms with Crippen molar-refractivity contribution in [2.75, 3.05) is 13.2 Å². The van der Waals surface area contributed by atoms with E-state index in [4.69, 9.17) is 29.4 Å². The van der Waals surface area contributed by atoms with E-state index >= 15 is 0 Å². The van der Waals surface area contributed by atoms with Gasteiger partial charge >= 0.3 is 0 Å². The first-order valence-corrected chi connectivity index (χ1v) is 23.6. The van der Waals surface area contributed by atoms with Crippen LogP contribution in [0.25, 0.3) is 32.9 Å². The van der Waals surface area contributed by atoms with Crippen LogP contribution in [0.3, 0.4) is 0 Å². The van der Waals surface area contributed by atoms with Gasteiger partial charge in [0.2, 0.25) is 0 Å². The third kappa shape index (κ3) is 8.37. The fourth-order valence-corrected chi connectivity index (χ4v) is 9.32. The minimum atomic E-state index is 0.673.